The highest BCUT2D eigenvalue weighted by atomic mass is 16.6. The summed E-state index contributed by atoms with van der Waals surface area (Å²) in [6.07, 6.45) is 0. The zero-order valence-corrected chi connectivity index (χ0v) is 10.7. The van der Waals surface area contributed by atoms with Gasteiger partial charge in [0.15, 0.2) is 0 Å². The van der Waals surface area contributed by atoms with Crippen LogP contribution >= 0.6 is 0 Å². The Bertz CT molecular complexity index is 755. The van der Waals surface area contributed by atoms with Crippen LogP contribution in [-0.2, 0) is 0 Å². The van der Waals surface area contributed by atoms with Gasteiger partial charge in [-0.25, -0.2) is 0 Å². The lowest BCUT2D eigenvalue weighted by Crippen LogP contribution is -2.00. The summed E-state index contributed by atoms with van der Waals surface area (Å²) < 4.78 is 6.93. The van der Waals surface area contributed by atoms with E-state index in [0.717, 1.165) is 0 Å². The van der Waals surface area contributed by atoms with E-state index < -0.39 is 4.92 Å². The number of nitro groups is 1. The summed E-state index contributed by atoms with van der Waals surface area (Å²) in [5.41, 5.74) is 0.564. The quantitative estimate of drug-likeness (QED) is 0.538. The van der Waals surface area contributed by atoms with Gasteiger partial charge >= 0.3 is 6.01 Å². The number of nitrogens with zero attached hydrogens (tertiary/aromatic N) is 5. The predicted octanol–water partition coefficient (Wildman–Crippen LogP) is 2.36. The van der Waals surface area contributed by atoms with Crippen molar-refractivity contribution < 1.29 is 9.66 Å². The standard InChI is InChI=1S/C13H9N5O3/c19-18(20)11-8-6-10(7-9-11)17-13(14-15-16-17)21-12-4-2-1-3-5-12/h1-9H. The average Bonchev–Trinajstić information content (AvgIpc) is 2.96. The number of hydrogen-bond acceptors (Lipinski definition) is 6. The van der Waals surface area contributed by atoms with Crippen molar-refractivity contribution in [1.29, 1.82) is 0 Å². The molecule has 21 heavy (non-hydrogen) atoms. The van der Waals surface area contributed by atoms with E-state index in [0.29, 0.717) is 11.4 Å². The van der Waals surface area contributed by atoms with Crippen molar-refractivity contribution in [2.75, 3.05) is 0 Å². The van der Waals surface area contributed by atoms with Crippen LogP contribution in [0.25, 0.3) is 5.69 Å². The lowest BCUT2D eigenvalue weighted by atomic mass is 10.3. The summed E-state index contributed by atoms with van der Waals surface area (Å²) in [5, 5.41) is 21.8. The molecule has 3 rings (SSSR count). The van der Waals surface area contributed by atoms with E-state index in [1.165, 1.54) is 16.8 Å². The number of ether oxygens (including phenoxy) is 1. The molecule has 0 unspecified atom stereocenters. The third kappa shape index (κ3) is 2.68. The van der Waals surface area contributed by atoms with E-state index in [9.17, 15) is 10.1 Å². The van der Waals surface area contributed by atoms with Crippen LogP contribution in [0, 0.1) is 10.1 Å². The lowest BCUT2D eigenvalue weighted by molar-refractivity contribution is -0.384. The molecule has 0 saturated carbocycles. The van der Waals surface area contributed by atoms with Crippen LogP contribution in [-0.4, -0.2) is 25.1 Å². The highest BCUT2D eigenvalue weighted by Crippen LogP contribution is 2.21. The maximum Gasteiger partial charge on any atom is 0.345 e. The van der Waals surface area contributed by atoms with Gasteiger partial charge in [0.2, 0.25) is 0 Å². The van der Waals surface area contributed by atoms with E-state index in [2.05, 4.69) is 15.5 Å². The molecular formula is C13H9N5O3. The number of non-ortho nitro benzene ring substituents is 1. The Morgan fingerprint density at radius 1 is 1.05 bits per heavy atom. The molecule has 0 fully saturated rings. The van der Waals surface area contributed by atoms with Crippen molar-refractivity contribution in [1.82, 2.24) is 20.2 Å². The monoisotopic (exact) mass is 283 g/mol. The number of benzene rings is 2. The molecule has 0 aliphatic carbocycles. The molecule has 0 bridgehead atoms. The van der Waals surface area contributed by atoms with Crippen LogP contribution in [0.3, 0.4) is 0 Å². The van der Waals surface area contributed by atoms with Gasteiger partial charge in [-0.1, -0.05) is 23.3 Å². The summed E-state index contributed by atoms with van der Waals surface area (Å²) in [4.78, 5) is 10.2. The fourth-order valence-electron chi connectivity index (χ4n) is 1.71. The Morgan fingerprint density at radius 3 is 2.43 bits per heavy atom. The minimum atomic E-state index is -0.468. The molecule has 8 nitrogen and oxygen atoms in total. The molecule has 8 heteroatoms. The van der Waals surface area contributed by atoms with E-state index >= 15 is 0 Å². The molecule has 3 aromatic rings. The minimum absolute atomic E-state index is 0.00245. The SMILES string of the molecule is O=[N+]([O-])c1ccc(-n2nnnc2Oc2ccccc2)cc1. The highest BCUT2D eigenvalue weighted by Gasteiger charge is 2.12. The van der Waals surface area contributed by atoms with E-state index in [4.69, 9.17) is 4.74 Å². The smallest absolute Gasteiger partial charge is 0.345 e. The first-order valence-electron chi connectivity index (χ1n) is 6.00. The van der Waals surface area contributed by atoms with E-state index in [1.54, 1.807) is 24.3 Å². The molecule has 0 spiro atoms. The molecule has 2 aromatic carbocycles. The topological polar surface area (TPSA) is 96.0 Å². The van der Waals surface area contributed by atoms with Gasteiger partial charge in [0, 0.05) is 12.1 Å². The second-order valence-electron chi connectivity index (χ2n) is 4.06. The van der Waals surface area contributed by atoms with Crippen LogP contribution in [0.15, 0.2) is 54.6 Å². The van der Waals surface area contributed by atoms with Crippen molar-refractivity contribution in [3.8, 4) is 17.4 Å². The first kappa shape index (κ1) is 12.7. The molecule has 0 radical (unpaired) electrons. The van der Waals surface area contributed by atoms with Crippen LogP contribution in [0.5, 0.6) is 11.8 Å². The Labute approximate surface area is 118 Å². The van der Waals surface area contributed by atoms with E-state index in [1.807, 2.05) is 18.2 Å². The number of aromatic nitrogens is 4. The molecule has 0 aliphatic rings. The number of tetrazole rings is 1. The highest BCUT2D eigenvalue weighted by molar-refractivity contribution is 5.41. The van der Waals surface area contributed by atoms with Gasteiger partial charge in [0.05, 0.1) is 10.6 Å². The largest absolute Gasteiger partial charge is 0.423 e. The Hall–Kier alpha value is -3.29. The number of para-hydroxylation sites is 1. The molecule has 1 heterocycles. The maximum atomic E-state index is 10.6. The van der Waals surface area contributed by atoms with Crippen LogP contribution in [0.4, 0.5) is 5.69 Å². The second-order valence-corrected chi connectivity index (χ2v) is 4.06. The van der Waals surface area contributed by atoms with Crippen molar-refractivity contribution >= 4 is 5.69 Å². The third-order valence-corrected chi connectivity index (χ3v) is 2.70. The van der Waals surface area contributed by atoms with Gasteiger partial charge in [-0.2, -0.15) is 4.68 Å². The normalized spacial score (nSPS) is 10.3. The first-order valence-corrected chi connectivity index (χ1v) is 6.00. The van der Waals surface area contributed by atoms with Crippen LogP contribution in [0.1, 0.15) is 0 Å². The third-order valence-electron chi connectivity index (χ3n) is 2.70. The molecule has 0 saturated heterocycles. The summed E-state index contributed by atoms with van der Waals surface area (Å²) in [7, 11) is 0. The summed E-state index contributed by atoms with van der Waals surface area (Å²) in [6.45, 7) is 0. The number of hydrogen-bond donors (Lipinski definition) is 0. The zero-order chi connectivity index (χ0) is 14.7. The Balaban J connectivity index is 1.90. The van der Waals surface area contributed by atoms with Gasteiger partial charge in [-0.05, 0) is 34.7 Å². The van der Waals surface area contributed by atoms with Crippen LogP contribution in [0.2, 0.25) is 0 Å². The molecule has 0 aliphatic heterocycles. The predicted molar refractivity (Wildman–Crippen MR) is 72.3 cm³/mol. The number of rotatable bonds is 4. The summed E-state index contributed by atoms with van der Waals surface area (Å²) in [6, 6.07) is 15.1. The minimum Gasteiger partial charge on any atom is -0.423 e. The van der Waals surface area contributed by atoms with Crippen molar-refractivity contribution in [3.63, 3.8) is 0 Å². The lowest BCUT2D eigenvalue weighted by Gasteiger charge is -2.05. The van der Waals surface area contributed by atoms with Crippen molar-refractivity contribution in [2.24, 2.45) is 0 Å². The first-order chi connectivity index (χ1) is 10.2. The van der Waals surface area contributed by atoms with Gasteiger partial charge in [-0.15, -0.1) is 0 Å². The zero-order valence-electron chi connectivity index (χ0n) is 10.7. The van der Waals surface area contributed by atoms with Gasteiger partial charge in [0.1, 0.15) is 5.75 Å². The molecular weight excluding hydrogens is 274 g/mol. The van der Waals surface area contributed by atoms with Crippen molar-refractivity contribution in [2.45, 2.75) is 0 Å². The Morgan fingerprint density at radius 2 is 1.76 bits per heavy atom. The van der Waals surface area contributed by atoms with Gasteiger partial charge in [-0.3, -0.25) is 10.1 Å². The molecule has 0 amide bonds. The van der Waals surface area contributed by atoms with Crippen molar-refractivity contribution in [3.05, 3.63) is 64.7 Å². The summed E-state index contributed by atoms with van der Waals surface area (Å²) in [5.74, 6) is 0.593. The fourth-order valence-corrected chi connectivity index (χ4v) is 1.71. The molecule has 104 valence electrons. The van der Waals surface area contributed by atoms with Gasteiger partial charge < -0.3 is 4.74 Å². The van der Waals surface area contributed by atoms with Gasteiger partial charge in [0.25, 0.3) is 5.69 Å². The molecule has 0 N–H and O–H groups in total. The fraction of sp³-hybridized carbons (Fsp3) is 0. The number of nitro benzene ring substituents is 1. The Kier molecular flexibility index (Phi) is 3.26. The van der Waals surface area contributed by atoms with Crippen LogP contribution < -0.4 is 4.74 Å². The van der Waals surface area contributed by atoms with E-state index in [-0.39, 0.29) is 11.7 Å². The molecule has 1 aromatic heterocycles. The maximum absolute atomic E-state index is 10.6. The second kappa shape index (κ2) is 5.37. The summed E-state index contributed by atoms with van der Waals surface area (Å²) >= 11 is 0. The average molecular weight is 283 g/mol. The molecule has 0 atom stereocenters.